The average Bonchev–Trinajstić information content (AvgIpc) is 2.73. The SMILES string of the molecule is CCCCCCCCCC(=O)N[C@H](CN1CCOCC1)C(O)c1ccccc1. The van der Waals surface area contributed by atoms with Crippen LogP contribution in [-0.4, -0.2) is 54.8 Å². The maximum atomic E-state index is 12.5. The van der Waals surface area contributed by atoms with Crippen molar-refractivity contribution in [3.05, 3.63) is 35.9 Å². The number of carbonyl (C=O) groups is 1. The van der Waals surface area contributed by atoms with Crippen molar-refractivity contribution in [3.63, 3.8) is 0 Å². The van der Waals surface area contributed by atoms with Crippen molar-refractivity contribution < 1.29 is 14.6 Å². The van der Waals surface area contributed by atoms with Gasteiger partial charge in [0.05, 0.1) is 19.3 Å². The quantitative estimate of drug-likeness (QED) is 0.505. The minimum absolute atomic E-state index is 0.0433. The molecule has 0 bridgehead atoms. The Morgan fingerprint density at radius 3 is 2.39 bits per heavy atom. The zero-order chi connectivity index (χ0) is 20.0. The number of aliphatic hydroxyl groups excluding tert-OH is 1. The highest BCUT2D eigenvalue weighted by atomic mass is 16.5. The zero-order valence-electron chi connectivity index (χ0n) is 17.4. The molecule has 1 heterocycles. The van der Waals surface area contributed by atoms with Gasteiger partial charge in [0.15, 0.2) is 0 Å². The Hall–Kier alpha value is -1.43. The van der Waals surface area contributed by atoms with Gasteiger partial charge in [-0.3, -0.25) is 9.69 Å². The molecule has 1 aromatic rings. The Bertz CT molecular complexity index is 532. The predicted molar refractivity (Wildman–Crippen MR) is 113 cm³/mol. The van der Waals surface area contributed by atoms with Crippen LogP contribution in [0.3, 0.4) is 0 Å². The number of unbranched alkanes of at least 4 members (excludes halogenated alkanes) is 6. The first kappa shape index (κ1) is 22.9. The van der Waals surface area contributed by atoms with Crippen LogP contribution in [0.2, 0.25) is 0 Å². The Labute approximate surface area is 170 Å². The van der Waals surface area contributed by atoms with Crippen LogP contribution >= 0.6 is 0 Å². The van der Waals surface area contributed by atoms with Crippen LogP contribution in [0.25, 0.3) is 0 Å². The van der Waals surface area contributed by atoms with Crippen molar-refractivity contribution >= 4 is 5.91 Å². The van der Waals surface area contributed by atoms with Crippen LogP contribution < -0.4 is 5.32 Å². The minimum atomic E-state index is -0.706. The van der Waals surface area contributed by atoms with Crippen molar-refractivity contribution in [1.29, 1.82) is 0 Å². The van der Waals surface area contributed by atoms with E-state index in [1.165, 1.54) is 32.1 Å². The van der Waals surface area contributed by atoms with E-state index < -0.39 is 6.10 Å². The van der Waals surface area contributed by atoms with E-state index in [1.807, 2.05) is 30.3 Å². The molecule has 158 valence electrons. The van der Waals surface area contributed by atoms with Gasteiger partial charge in [0.25, 0.3) is 0 Å². The number of amides is 1. The van der Waals surface area contributed by atoms with Gasteiger partial charge in [-0.15, -0.1) is 0 Å². The molecule has 0 aliphatic carbocycles. The van der Waals surface area contributed by atoms with Crippen LogP contribution in [0.5, 0.6) is 0 Å². The zero-order valence-corrected chi connectivity index (χ0v) is 17.4. The molecule has 1 aliphatic rings. The molecule has 1 unspecified atom stereocenters. The van der Waals surface area contributed by atoms with E-state index in [1.54, 1.807) is 0 Å². The Kier molecular flexibility index (Phi) is 11.2. The molecule has 1 fully saturated rings. The van der Waals surface area contributed by atoms with Crippen LogP contribution in [0.1, 0.15) is 70.0 Å². The number of ether oxygens (including phenoxy) is 1. The third-order valence-corrected chi connectivity index (χ3v) is 5.43. The van der Waals surface area contributed by atoms with Gasteiger partial charge in [-0.25, -0.2) is 0 Å². The summed E-state index contributed by atoms with van der Waals surface area (Å²) in [4.78, 5) is 14.8. The number of rotatable bonds is 13. The van der Waals surface area contributed by atoms with Gasteiger partial charge >= 0.3 is 0 Å². The third-order valence-electron chi connectivity index (χ3n) is 5.43. The number of carbonyl (C=O) groups excluding carboxylic acids is 1. The molecule has 2 rings (SSSR count). The van der Waals surface area contributed by atoms with Gasteiger partial charge in [-0.05, 0) is 12.0 Å². The first-order valence-corrected chi connectivity index (χ1v) is 11.0. The second kappa shape index (κ2) is 13.7. The molecule has 1 saturated heterocycles. The molecule has 1 aromatic carbocycles. The fraction of sp³-hybridized carbons (Fsp3) is 0.696. The van der Waals surface area contributed by atoms with Crippen molar-refractivity contribution in [2.75, 3.05) is 32.8 Å². The summed E-state index contributed by atoms with van der Waals surface area (Å²) in [7, 11) is 0. The Balaban J connectivity index is 1.81. The lowest BCUT2D eigenvalue weighted by Gasteiger charge is -2.33. The lowest BCUT2D eigenvalue weighted by Crippen LogP contribution is -2.49. The van der Waals surface area contributed by atoms with Crippen molar-refractivity contribution in [2.24, 2.45) is 0 Å². The predicted octanol–water partition coefficient (Wildman–Crippen LogP) is 3.68. The normalized spacial score (nSPS) is 17.2. The van der Waals surface area contributed by atoms with Crippen LogP contribution in [0.15, 0.2) is 30.3 Å². The Morgan fingerprint density at radius 1 is 1.07 bits per heavy atom. The number of nitrogens with zero attached hydrogens (tertiary/aromatic N) is 1. The van der Waals surface area contributed by atoms with Crippen molar-refractivity contribution in [3.8, 4) is 0 Å². The lowest BCUT2D eigenvalue weighted by molar-refractivity contribution is -0.123. The van der Waals surface area contributed by atoms with E-state index >= 15 is 0 Å². The third kappa shape index (κ3) is 8.72. The molecule has 0 aromatic heterocycles. The maximum Gasteiger partial charge on any atom is 0.220 e. The average molecular weight is 391 g/mol. The van der Waals surface area contributed by atoms with E-state index in [-0.39, 0.29) is 11.9 Å². The van der Waals surface area contributed by atoms with Gasteiger partial charge in [-0.1, -0.05) is 75.8 Å². The summed E-state index contributed by atoms with van der Waals surface area (Å²) < 4.78 is 5.42. The number of benzene rings is 1. The summed E-state index contributed by atoms with van der Waals surface area (Å²) in [6.07, 6.45) is 8.19. The van der Waals surface area contributed by atoms with Crippen molar-refractivity contribution in [2.45, 2.75) is 70.4 Å². The van der Waals surface area contributed by atoms with Crippen LogP contribution in [-0.2, 0) is 9.53 Å². The smallest absolute Gasteiger partial charge is 0.220 e. The fourth-order valence-electron chi connectivity index (χ4n) is 3.69. The number of aliphatic hydroxyl groups is 1. The number of hydrogen-bond donors (Lipinski definition) is 2. The molecule has 0 spiro atoms. The summed E-state index contributed by atoms with van der Waals surface area (Å²) in [6.45, 7) is 5.96. The summed E-state index contributed by atoms with van der Waals surface area (Å²) in [5.74, 6) is 0.0433. The van der Waals surface area contributed by atoms with Gasteiger partial charge < -0.3 is 15.2 Å². The first-order chi connectivity index (χ1) is 13.7. The van der Waals surface area contributed by atoms with Gasteiger partial charge in [0, 0.05) is 26.1 Å². The molecule has 5 heteroatoms. The number of nitrogens with one attached hydrogen (secondary N) is 1. The topological polar surface area (TPSA) is 61.8 Å². The minimum Gasteiger partial charge on any atom is -0.386 e. The molecule has 2 N–H and O–H groups in total. The van der Waals surface area contributed by atoms with E-state index in [4.69, 9.17) is 4.74 Å². The molecule has 0 saturated carbocycles. The maximum absolute atomic E-state index is 12.5. The molecule has 2 atom stereocenters. The van der Waals surface area contributed by atoms with Crippen LogP contribution in [0.4, 0.5) is 0 Å². The summed E-state index contributed by atoms with van der Waals surface area (Å²) in [5.41, 5.74) is 0.844. The molecule has 28 heavy (non-hydrogen) atoms. The van der Waals surface area contributed by atoms with Gasteiger partial charge in [-0.2, -0.15) is 0 Å². The van der Waals surface area contributed by atoms with E-state index in [9.17, 15) is 9.90 Å². The van der Waals surface area contributed by atoms with E-state index in [2.05, 4.69) is 17.1 Å². The fourth-order valence-corrected chi connectivity index (χ4v) is 3.69. The summed E-state index contributed by atoms with van der Waals surface area (Å²) in [6, 6.07) is 9.30. The van der Waals surface area contributed by atoms with Gasteiger partial charge in [0.1, 0.15) is 6.10 Å². The molecule has 1 amide bonds. The first-order valence-electron chi connectivity index (χ1n) is 11.0. The van der Waals surface area contributed by atoms with Crippen LogP contribution in [0, 0.1) is 0 Å². The molecule has 1 aliphatic heterocycles. The highest BCUT2D eigenvalue weighted by Gasteiger charge is 2.26. The highest BCUT2D eigenvalue weighted by molar-refractivity contribution is 5.76. The summed E-state index contributed by atoms with van der Waals surface area (Å²) in [5, 5.41) is 14.0. The standard InChI is InChI=1S/C23H38N2O3/c1-2-3-4-5-6-7-11-14-22(26)24-21(19-25-15-17-28-18-16-25)23(27)20-12-9-8-10-13-20/h8-10,12-13,21,23,27H,2-7,11,14-19H2,1H3,(H,24,26)/t21-,23?/m1/s1. The number of hydrogen-bond acceptors (Lipinski definition) is 4. The lowest BCUT2D eigenvalue weighted by atomic mass is 10.0. The molecule has 5 nitrogen and oxygen atoms in total. The van der Waals surface area contributed by atoms with Gasteiger partial charge in [0.2, 0.25) is 5.91 Å². The monoisotopic (exact) mass is 390 g/mol. The largest absolute Gasteiger partial charge is 0.386 e. The van der Waals surface area contributed by atoms with Crippen molar-refractivity contribution in [1.82, 2.24) is 10.2 Å². The molecule has 0 radical (unpaired) electrons. The highest BCUT2D eigenvalue weighted by Crippen LogP contribution is 2.18. The second-order valence-electron chi connectivity index (χ2n) is 7.81. The van der Waals surface area contributed by atoms with E-state index in [0.717, 1.165) is 31.5 Å². The molecular formula is C23H38N2O3. The summed E-state index contributed by atoms with van der Waals surface area (Å²) >= 11 is 0. The number of morpholine rings is 1. The molecular weight excluding hydrogens is 352 g/mol. The Morgan fingerprint density at radius 2 is 1.71 bits per heavy atom. The second-order valence-corrected chi connectivity index (χ2v) is 7.81. The van der Waals surface area contributed by atoms with E-state index in [0.29, 0.717) is 26.2 Å².